The molecule has 76 valence electrons. The third-order valence-corrected chi connectivity index (χ3v) is 2.65. The van der Waals surface area contributed by atoms with Crippen molar-refractivity contribution >= 4 is 11.8 Å². The lowest BCUT2D eigenvalue weighted by Gasteiger charge is -2.24. The lowest BCUT2D eigenvalue weighted by atomic mass is 9.79. The SMILES string of the molecule is C#CCC1CCC(=O)C(C(=O)OC)C1. The second kappa shape index (κ2) is 4.80. The number of carbonyl (C=O) groups is 2. The summed E-state index contributed by atoms with van der Waals surface area (Å²) in [5.41, 5.74) is 0. The number of ether oxygens (including phenoxy) is 1. The molecule has 0 amide bonds. The summed E-state index contributed by atoms with van der Waals surface area (Å²) in [5.74, 6) is 1.85. The molecular weight excluding hydrogens is 180 g/mol. The zero-order valence-corrected chi connectivity index (χ0v) is 8.29. The molecule has 0 aliphatic heterocycles. The molecule has 1 saturated carbocycles. The summed E-state index contributed by atoms with van der Waals surface area (Å²) < 4.78 is 4.58. The van der Waals surface area contributed by atoms with Crippen molar-refractivity contribution in [2.45, 2.75) is 25.7 Å². The minimum absolute atomic E-state index is 0.00915. The fourth-order valence-corrected chi connectivity index (χ4v) is 1.83. The van der Waals surface area contributed by atoms with Gasteiger partial charge in [0.05, 0.1) is 7.11 Å². The van der Waals surface area contributed by atoms with Crippen LogP contribution in [0, 0.1) is 24.2 Å². The van der Waals surface area contributed by atoms with Gasteiger partial charge in [0.2, 0.25) is 0 Å². The van der Waals surface area contributed by atoms with E-state index < -0.39 is 11.9 Å². The van der Waals surface area contributed by atoms with E-state index >= 15 is 0 Å². The number of methoxy groups -OCH3 is 1. The number of carbonyl (C=O) groups excluding carboxylic acids is 2. The highest BCUT2D eigenvalue weighted by Gasteiger charge is 2.34. The highest BCUT2D eigenvalue weighted by Crippen LogP contribution is 2.29. The Bertz CT molecular complexity index is 267. The Morgan fingerprint density at radius 2 is 2.43 bits per heavy atom. The van der Waals surface area contributed by atoms with Gasteiger partial charge >= 0.3 is 5.97 Å². The van der Waals surface area contributed by atoms with Crippen molar-refractivity contribution in [3.05, 3.63) is 0 Å². The monoisotopic (exact) mass is 194 g/mol. The van der Waals surface area contributed by atoms with Crippen LogP contribution in [-0.4, -0.2) is 18.9 Å². The number of esters is 1. The largest absolute Gasteiger partial charge is 0.468 e. The normalized spacial score (nSPS) is 26.7. The second-order valence-electron chi connectivity index (χ2n) is 3.59. The summed E-state index contributed by atoms with van der Waals surface area (Å²) >= 11 is 0. The molecule has 2 unspecified atom stereocenters. The summed E-state index contributed by atoms with van der Waals surface area (Å²) in [6, 6.07) is 0. The maximum Gasteiger partial charge on any atom is 0.316 e. The van der Waals surface area contributed by atoms with E-state index in [0.29, 0.717) is 25.2 Å². The number of ketones is 1. The topological polar surface area (TPSA) is 43.4 Å². The molecule has 14 heavy (non-hydrogen) atoms. The molecule has 0 N–H and O–H groups in total. The summed E-state index contributed by atoms with van der Waals surface area (Å²) in [6.07, 6.45) is 7.64. The molecule has 0 aromatic carbocycles. The number of rotatable bonds is 2. The summed E-state index contributed by atoms with van der Waals surface area (Å²) in [4.78, 5) is 22.6. The smallest absolute Gasteiger partial charge is 0.316 e. The summed E-state index contributed by atoms with van der Waals surface area (Å²) in [7, 11) is 1.31. The third kappa shape index (κ3) is 2.35. The first-order valence-corrected chi connectivity index (χ1v) is 4.73. The summed E-state index contributed by atoms with van der Waals surface area (Å²) in [5, 5.41) is 0. The fourth-order valence-electron chi connectivity index (χ4n) is 1.83. The molecule has 0 heterocycles. The van der Waals surface area contributed by atoms with E-state index in [1.54, 1.807) is 0 Å². The first-order chi connectivity index (χ1) is 6.69. The average Bonchev–Trinajstić information content (AvgIpc) is 2.20. The Morgan fingerprint density at radius 3 is 3.00 bits per heavy atom. The molecule has 2 atom stereocenters. The first-order valence-electron chi connectivity index (χ1n) is 4.73. The molecule has 0 aromatic heterocycles. The van der Waals surface area contributed by atoms with Crippen molar-refractivity contribution in [2.75, 3.05) is 7.11 Å². The van der Waals surface area contributed by atoms with E-state index in [9.17, 15) is 9.59 Å². The molecule has 0 spiro atoms. The van der Waals surface area contributed by atoms with Gasteiger partial charge in [0.1, 0.15) is 11.7 Å². The van der Waals surface area contributed by atoms with Gasteiger partial charge in [-0.3, -0.25) is 9.59 Å². The molecule has 0 bridgehead atoms. The molecule has 0 saturated heterocycles. The van der Waals surface area contributed by atoms with Crippen molar-refractivity contribution in [3.8, 4) is 12.3 Å². The Morgan fingerprint density at radius 1 is 1.71 bits per heavy atom. The van der Waals surface area contributed by atoms with E-state index in [1.165, 1.54) is 7.11 Å². The van der Waals surface area contributed by atoms with Gasteiger partial charge in [0, 0.05) is 12.8 Å². The van der Waals surface area contributed by atoms with Gasteiger partial charge < -0.3 is 4.74 Å². The predicted octanol–water partition coefficient (Wildman–Crippen LogP) is 1.17. The Labute approximate surface area is 83.8 Å². The number of terminal acetylenes is 1. The fraction of sp³-hybridized carbons (Fsp3) is 0.636. The highest BCUT2D eigenvalue weighted by atomic mass is 16.5. The molecule has 1 aliphatic carbocycles. The lowest BCUT2D eigenvalue weighted by Crippen LogP contribution is -2.31. The van der Waals surface area contributed by atoms with Gasteiger partial charge in [-0.25, -0.2) is 0 Å². The van der Waals surface area contributed by atoms with Crippen LogP contribution in [0.25, 0.3) is 0 Å². The maximum atomic E-state index is 11.4. The average molecular weight is 194 g/mol. The Balaban J connectivity index is 2.60. The van der Waals surface area contributed by atoms with E-state index in [-0.39, 0.29) is 5.78 Å². The van der Waals surface area contributed by atoms with E-state index in [4.69, 9.17) is 6.42 Å². The minimum Gasteiger partial charge on any atom is -0.468 e. The van der Waals surface area contributed by atoms with Crippen LogP contribution in [0.1, 0.15) is 25.7 Å². The van der Waals surface area contributed by atoms with Crippen LogP contribution in [0.2, 0.25) is 0 Å². The van der Waals surface area contributed by atoms with Gasteiger partial charge in [0.15, 0.2) is 0 Å². The van der Waals surface area contributed by atoms with Gasteiger partial charge in [-0.2, -0.15) is 0 Å². The molecule has 1 fully saturated rings. The van der Waals surface area contributed by atoms with Crippen molar-refractivity contribution in [3.63, 3.8) is 0 Å². The molecule has 0 aromatic rings. The number of Topliss-reactive ketones (excluding diaryl/α,β-unsaturated/α-hetero) is 1. The minimum atomic E-state index is -0.577. The molecule has 3 nitrogen and oxygen atoms in total. The van der Waals surface area contributed by atoms with E-state index in [2.05, 4.69) is 10.7 Å². The van der Waals surface area contributed by atoms with Gasteiger partial charge in [-0.1, -0.05) is 0 Å². The Kier molecular flexibility index (Phi) is 3.70. The molecule has 3 heteroatoms. The Hall–Kier alpha value is -1.30. The molecule has 0 radical (unpaired) electrons. The van der Waals surface area contributed by atoms with Crippen LogP contribution in [-0.2, 0) is 14.3 Å². The van der Waals surface area contributed by atoms with Gasteiger partial charge in [-0.15, -0.1) is 12.3 Å². The van der Waals surface area contributed by atoms with Gasteiger partial charge in [-0.05, 0) is 18.8 Å². The van der Waals surface area contributed by atoms with Crippen molar-refractivity contribution < 1.29 is 14.3 Å². The van der Waals surface area contributed by atoms with Crippen LogP contribution in [0.3, 0.4) is 0 Å². The van der Waals surface area contributed by atoms with Crippen LogP contribution in [0.4, 0.5) is 0 Å². The molecular formula is C11H14O3. The van der Waals surface area contributed by atoms with E-state index in [0.717, 1.165) is 6.42 Å². The number of hydrogen-bond donors (Lipinski definition) is 0. The van der Waals surface area contributed by atoms with Crippen LogP contribution < -0.4 is 0 Å². The third-order valence-electron chi connectivity index (χ3n) is 2.65. The zero-order valence-electron chi connectivity index (χ0n) is 8.29. The summed E-state index contributed by atoms with van der Waals surface area (Å²) in [6.45, 7) is 0. The maximum absolute atomic E-state index is 11.4. The molecule has 1 rings (SSSR count). The van der Waals surface area contributed by atoms with Crippen molar-refractivity contribution in [1.82, 2.24) is 0 Å². The number of hydrogen-bond acceptors (Lipinski definition) is 3. The predicted molar refractivity (Wildman–Crippen MR) is 51.3 cm³/mol. The van der Waals surface area contributed by atoms with E-state index in [1.807, 2.05) is 0 Å². The highest BCUT2D eigenvalue weighted by molar-refractivity contribution is 5.99. The van der Waals surface area contributed by atoms with Crippen LogP contribution >= 0.6 is 0 Å². The lowest BCUT2D eigenvalue weighted by molar-refractivity contribution is -0.151. The van der Waals surface area contributed by atoms with Crippen LogP contribution in [0.15, 0.2) is 0 Å². The standard InChI is InChI=1S/C11H14O3/c1-3-4-8-5-6-10(12)9(7-8)11(13)14-2/h1,8-9H,4-7H2,2H3. The van der Waals surface area contributed by atoms with Gasteiger partial charge in [0.25, 0.3) is 0 Å². The zero-order chi connectivity index (χ0) is 10.6. The quantitative estimate of drug-likeness (QED) is 0.376. The first kappa shape index (κ1) is 10.8. The second-order valence-corrected chi connectivity index (χ2v) is 3.59. The van der Waals surface area contributed by atoms with Crippen LogP contribution in [0.5, 0.6) is 0 Å². The molecule has 1 aliphatic rings. The van der Waals surface area contributed by atoms with Crippen molar-refractivity contribution in [2.24, 2.45) is 11.8 Å². The van der Waals surface area contributed by atoms with Crippen molar-refractivity contribution in [1.29, 1.82) is 0 Å².